The third kappa shape index (κ3) is 2.94. The smallest absolute Gasteiger partial charge is 0.342 e. The van der Waals surface area contributed by atoms with Crippen molar-refractivity contribution < 1.29 is 19.6 Å². The average molecular weight is 284 g/mol. The first-order valence-electron chi connectivity index (χ1n) is 6.22. The fraction of sp³-hybridized carbons (Fsp3) is 0.636. The maximum Gasteiger partial charge on any atom is 0.342 e. The van der Waals surface area contributed by atoms with Gasteiger partial charge in [0.05, 0.1) is 13.2 Å². The molecule has 9 nitrogen and oxygen atoms in total. The van der Waals surface area contributed by atoms with Crippen molar-refractivity contribution in [3.63, 3.8) is 0 Å². The maximum atomic E-state index is 12.0. The first-order valence-corrected chi connectivity index (χ1v) is 6.22. The molecule has 0 aliphatic carbocycles. The zero-order valence-corrected chi connectivity index (χ0v) is 11.1. The second-order valence-electron chi connectivity index (χ2n) is 4.48. The predicted molar refractivity (Wildman–Crippen MR) is 67.0 cm³/mol. The number of hydrogen-bond donors (Lipinski definition) is 1. The SMILES string of the molecule is Cc1ncc([N+](=O)[O-])n1CC(O)C(=O)N1CCOCC1. The lowest BCUT2D eigenvalue weighted by Crippen LogP contribution is -2.46. The molecule has 1 fully saturated rings. The van der Waals surface area contributed by atoms with Gasteiger partial charge in [-0.15, -0.1) is 0 Å². The molecule has 1 unspecified atom stereocenters. The van der Waals surface area contributed by atoms with Crippen LogP contribution in [0.3, 0.4) is 0 Å². The van der Waals surface area contributed by atoms with Crippen molar-refractivity contribution in [1.82, 2.24) is 14.5 Å². The number of hydrogen-bond acceptors (Lipinski definition) is 6. The second-order valence-corrected chi connectivity index (χ2v) is 4.48. The van der Waals surface area contributed by atoms with Crippen LogP contribution >= 0.6 is 0 Å². The summed E-state index contributed by atoms with van der Waals surface area (Å²) >= 11 is 0. The molecule has 2 heterocycles. The fourth-order valence-electron chi connectivity index (χ4n) is 2.07. The Bertz CT molecular complexity index is 509. The van der Waals surface area contributed by atoms with E-state index < -0.39 is 16.9 Å². The van der Waals surface area contributed by atoms with Crippen LogP contribution in [0.15, 0.2) is 6.20 Å². The Morgan fingerprint density at radius 3 is 2.85 bits per heavy atom. The third-order valence-electron chi connectivity index (χ3n) is 3.18. The molecule has 1 amide bonds. The lowest BCUT2D eigenvalue weighted by atomic mass is 10.2. The monoisotopic (exact) mass is 284 g/mol. The molecule has 1 aliphatic rings. The van der Waals surface area contributed by atoms with E-state index in [9.17, 15) is 20.0 Å². The minimum absolute atomic E-state index is 0.182. The van der Waals surface area contributed by atoms with Gasteiger partial charge in [0.25, 0.3) is 5.91 Å². The van der Waals surface area contributed by atoms with Gasteiger partial charge in [0.15, 0.2) is 11.9 Å². The van der Waals surface area contributed by atoms with E-state index >= 15 is 0 Å². The first-order chi connectivity index (χ1) is 9.50. The zero-order chi connectivity index (χ0) is 14.7. The molecule has 0 radical (unpaired) electrons. The molecule has 0 saturated carbocycles. The van der Waals surface area contributed by atoms with Crippen LogP contribution in [0, 0.1) is 17.0 Å². The van der Waals surface area contributed by atoms with Crippen LogP contribution < -0.4 is 0 Å². The molecule has 1 aromatic rings. The molecule has 0 spiro atoms. The largest absolute Gasteiger partial charge is 0.379 e. The number of morpholine rings is 1. The number of aliphatic hydroxyl groups excluding tert-OH is 1. The van der Waals surface area contributed by atoms with E-state index in [0.29, 0.717) is 32.1 Å². The van der Waals surface area contributed by atoms with Gasteiger partial charge in [-0.25, -0.2) is 9.55 Å². The molecule has 110 valence electrons. The lowest BCUT2D eigenvalue weighted by molar-refractivity contribution is -0.392. The molecule has 1 aromatic heterocycles. The number of amides is 1. The number of rotatable bonds is 4. The topological polar surface area (TPSA) is 111 Å². The highest BCUT2D eigenvalue weighted by Gasteiger charge is 2.28. The lowest BCUT2D eigenvalue weighted by Gasteiger charge is -2.28. The number of aromatic nitrogens is 2. The second kappa shape index (κ2) is 5.97. The van der Waals surface area contributed by atoms with Crippen molar-refractivity contribution in [1.29, 1.82) is 0 Å². The molecule has 20 heavy (non-hydrogen) atoms. The minimum Gasteiger partial charge on any atom is -0.379 e. The summed E-state index contributed by atoms with van der Waals surface area (Å²) in [5.74, 6) is -0.308. The van der Waals surface area contributed by atoms with Gasteiger partial charge in [-0.1, -0.05) is 0 Å². The standard InChI is InChI=1S/C11H16N4O5/c1-8-12-6-10(15(18)19)14(8)7-9(16)11(17)13-2-4-20-5-3-13/h6,9,16H,2-5,7H2,1H3. The number of aryl methyl sites for hydroxylation is 1. The molecule has 1 saturated heterocycles. The van der Waals surface area contributed by atoms with Gasteiger partial charge in [-0.2, -0.15) is 0 Å². The number of nitro groups is 1. The average Bonchev–Trinajstić information content (AvgIpc) is 2.80. The van der Waals surface area contributed by atoms with Gasteiger partial charge in [0, 0.05) is 20.0 Å². The Morgan fingerprint density at radius 1 is 1.60 bits per heavy atom. The minimum atomic E-state index is -1.33. The Balaban J connectivity index is 2.07. The summed E-state index contributed by atoms with van der Waals surface area (Å²) in [5, 5.41) is 20.8. The van der Waals surface area contributed by atoms with Crippen LogP contribution in [0.5, 0.6) is 0 Å². The van der Waals surface area contributed by atoms with Crippen LogP contribution in [0.4, 0.5) is 5.82 Å². The first kappa shape index (κ1) is 14.4. The van der Waals surface area contributed by atoms with Gasteiger partial charge in [0.1, 0.15) is 12.7 Å². The summed E-state index contributed by atoms with van der Waals surface area (Å²) in [6, 6.07) is 0. The van der Waals surface area contributed by atoms with E-state index in [-0.39, 0.29) is 12.4 Å². The van der Waals surface area contributed by atoms with Crippen LogP contribution in [0.25, 0.3) is 0 Å². The molecule has 1 atom stereocenters. The van der Waals surface area contributed by atoms with Crippen molar-refractivity contribution in [3.05, 3.63) is 22.1 Å². The van der Waals surface area contributed by atoms with Crippen LogP contribution in [-0.2, 0) is 16.1 Å². The Morgan fingerprint density at radius 2 is 2.25 bits per heavy atom. The molecule has 9 heteroatoms. The van der Waals surface area contributed by atoms with E-state index in [4.69, 9.17) is 4.74 Å². The number of ether oxygens (including phenoxy) is 1. The fourth-order valence-corrected chi connectivity index (χ4v) is 2.07. The molecule has 0 aromatic carbocycles. The summed E-state index contributed by atoms with van der Waals surface area (Å²) in [5.41, 5.74) is 0. The van der Waals surface area contributed by atoms with Crippen LogP contribution in [0.2, 0.25) is 0 Å². The zero-order valence-electron chi connectivity index (χ0n) is 11.1. The Kier molecular flexibility index (Phi) is 4.30. The van der Waals surface area contributed by atoms with E-state index in [1.165, 1.54) is 9.47 Å². The van der Waals surface area contributed by atoms with Crippen LogP contribution in [0.1, 0.15) is 5.82 Å². The highest BCUT2D eigenvalue weighted by Crippen LogP contribution is 2.15. The molecular weight excluding hydrogens is 268 g/mol. The maximum absolute atomic E-state index is 12.0. The summed E-state index contributed by atoms with van der Waals surface area (Å²) in [7, 11) is 0. The summed E-state index contributed by atoms with van der Waals surface area (Å²) < 4.78 is 6.35. The molecular formula is C11H16N4O5. The van der Waals surface area contributed by atoms with Gasteiger partial charge < -0.3 is 24.9 Å². The Labute approximate surface area is 114 Å². The normalized spacial score (nSPS) is 17.0. The molecule has 0 bridgehead atoms. The number of imidazole rings is 1. The van der Waals surface area contributed by atoms with Crippen LogP contribution in [-0.4, -0.2) is 62.8 Å². The highest BCUT2D eigenvalue weighted by atomic mass is 16.6. The quantitative estimate of drug-likeness (QED) is 0.579. The van der Waals surface area contributed by atoms with Crippen molar-refractivity contribution in [2.45, 2.75) is 19.6 Å². The number of nitrogens with zero attached hydrogens (tertiary/aromatic N) is 4. The number of carbonyl (C=O) groups is 1. The molecule has 2 rings (SSSR count). The molecule has 1 N–H and O–H groups in total. The van der Waals surface area contributed by atoms with E-state index in [0.717, 1.165) is 6.20 Å². The molecule has 1 aliphatic heterocycles. The van der Waals surface area contributed by atoms with Crippen molar-refractivity contribution in [2.24, 2.45) is 0 Å². The number of aliphatic hydroxyl groups is 1. The Hall–Kier alpha value is -2.00. The summed E-state index contributed by atoms with van der Waals surface area (Å²) in [6.07, 6.45) is -0.221. The van der Waals surface area contributed by atoms with Gasteiger partial charge in [-0.3, -0.25) is 4.79 Å². The van der Waals surface area contributed by atoms with Crippen molar-refractivity contribution in [2.75, 3.05) is 26.3 Å². The summed E-state index contributed by atoms with van der Waals surface area (Å²) in [6.45, 7) is 3.10. The van der Waals surface area contributed by atoms with Gasteiger partial charge >= 0.3 is 5.82 Å². The van der Waals surface area contributed by atoms with Gasteiger partial charge in [0.2, 0.25) is 0 Å². The van der Waals surface area contributed by atoms with E-state index in [2.05, 4.69) is 4.98 Å². The number of carbonyl (C=O) groups excluding carboxylic acids is 1. The van der Waals surface area contributed by atoms with Crippen molar-refractivity contribution in [3.8, 4) is 0 Å². The van der Waals surface area contributed by atoms with E-state index in [1.54, 1.807) is 6.92 Å². The highest BCUT2D eigenvalue weighted by molar-refractivity contribution is 5.80. The van der Waals surface area contributed by atoms with Crippen molar-refractivity contribution >= 4 is 11.7 Å². The summed E-state index contributed by atoms with van der Waals surface area (Å²) in [4.78, 5) is 27.6. The third-order valence-corrected chi connectivity index (χ3v) is 3.18. The van der Waals surface area contributed by atoms with E-state index in [1.807, 2.05) is 0 Å². The predicted octanol–water partition coefficient (Wildman–Crippen LogP) is -0.681. The van der Waals surface area contributed by atoms with Gasteiger partial charge in [-0.05, 0) is 4.92 Å².